The van der Waals surface area contributed by atoms with Gasteiger partial charge in [0, 0.05) is 25.7 Å². The fourth-order valence-corrected chi connectivity index (χ4v) is 2.08. The van der Waals surface area contributed by atoms with Crippen LogP contribution in [0.25, 0.3) is 0 Å². The molecular formula is C13H21N5. The average Bonchev–Trinajstić information content (AvgIpc) is 2.85. The van der Waals surface area contributed by atoms with Gasteiger partial charge in [0.15, 0.2) is 0 Å². The van der Waals surface area contributed by atoms with Gasteiger partial charge in [0.05, 0.1) is 23.1 Å². The second-order valence-corrected chi connectivity index (χ2v) is 5.03. The monoisotopic (exact) mass is 247 g/mol. The topological polar surface area (TPSA) is 61.7 Å². The smallest absolute Gasteiger partial charge is 0.0644 e. The number of hydrogen-bond acceptors (Lipinski definition) is 3. The molecule has 0 fully saturated rings. The Hall–Kier alpha value is -1.62. The molecule has 1 unspecified atom stereocenters. The lowest BCUT2D eigenvalue weighted by atomic mass is 10.1. The molecular weight excluding hydrogens is 226 g/mol. The highest BCUT2D eigenvalue weighted by atomic mass is 15.3. The van der Waals surface area contributed by atoms with Gasteiger partial charge in [0.2, 0.25) is 0 Å². The summed E-state index contributed by atoms with van der Waals surface area (Å²) in [5.74, 6) is 0. The van der Waals surface area contributed by atoms with E-state index in [4.69, 9.17) is 5.73 Å². The summed E-state index contributed by atoms with van der Waals surface area (Å²) in [6.45, 7) is 6.20. The number of nitrogens with two attached hydrogens (primary N) is 1. The highest BCUT2D eigenvalue weighted by molar-refractivity contribution is 5.15. The predicted octanol–water partition coefficient (Wildman–Crippen LogP) is 1.75. The molecule has 0 radical (unpaired) electrons. The minimum atomic E-state index is -0.0632. The Morgan fingerprint density at radius 3 is 2.56 bits per heavy atom. The summed E-state index contributed by atoms with van der Waals surface area (Å²) in [7, 11) is 1.93. The number of aryl methyl sites for hydroxylation is 2. The van der Waals surface area contributed by atoms with Crippen LogP contribution in [-0.4, -0.2) is 19.6 Å². The highest BCUT2D eigenvalue weighted by Gasteiger charge is 2.14. The first-order chi connectivity index (χ1) is 8.47. The molecule has 0 aliphatic heterocycles. The maximum absolute atomic E-state index is 6.22. The third-order valence-electron chi connectivity index (χ3n) is 3.04. The third-order valence-corrected chi connectivity index (χ3v) is 3.04. The molecule has 0 aliphatic rings. The molecule has 0 saturated heterocycles. The van der Waals surface area contributed by atoms with E-state index < -0.39 is 0 Å². The first kappa shape index (κ1) is 12.8. The van der Waals surface area contributed by atoms with Crippen LogP contribution in [0.15, 0.2) is 18.3 Å². The molecule has 18 heavy (non-hydrogen) atoms. The average molecular weight is 247 g/mol. The van der Waals surface area contributed by atoms with E-state index in [1.165, 1.54) is 0 Å². The van der Waals surface area contributed by atoms with E-state index >= 15 is 0 Å². The Bertz CT molecular complexity index is 523. The van der Waals surface area contributed by atoms with Gasteiger partial charge in [0.25, 0.3) is 0 Å². The zero-order chi connectivity index (χ0) is 13.3. The van der Waals surface area contributed by atoms with Crippen molar-refractivity contribution in [1.29, 1.82) is 0 Å². The van der Waals surface area contributed by atoms with Crippen LogP contribution in [0.4, 0.5) is 0 Å². The lowest BCUT2D eigenvalue weighted by molar-refractivity contribution is 0.520. The van der Waals surface area contributed by atoms with Crippen LogP contribution in [-0.2, 0) is 13.5 Å². The van der Waals surface area contributed by atoms with Crippen LogP contribution < -0.4 is 5.73 Å². The first-order valence-electron chi connectivity index (χ1n) is 6.27. The fraction of sp³-hybridized carbons (Fsp3) is 0.538. The number of rotatable bonds is 4. The molecule has 0 spiro atoms. The van der Waals surface area contributed by atoms with Crippen molar-refractivity contribution in [2.75, 3.05) is 0 Å². The van der Waals surface area contributed by atoms with Gasteiger partial charge in [-0.1, -0.05) is 0 Å². The van der Waals surface area contributed by atoms with Gasteiger partial charge in [-0.25, -0.2) is 0 Å². The molecule has 0 bridgehead atoms. The Kier molecular flexibility index (Phi) is 3.52. The zero-order valence-corrected chi connectivity index (χ0v) is 11.5. The maximum atomic E-state index is 6.22. The van der Waals surface area contributed by atoms with Gasteiger partial charge in [-0.05, 0) is 32.9 Å². The molecule has 98 valence electrons. The lowest BCUT2D eigenvalue weighted by Gasteiger charge is -2.10. The normalized spacial score (nSPS) is 13.2. The molecule has 1 atom stereocenters. The van der Waals surface area contributed by atoms with Crippen molar-refractivity contribution in [3.8, 4) is 0 Å². The highest BCUT2D eigenvalue weighted by Crippen LogP contribution is 2.16. The van der Waals surface area contributed by atoms with Gasteiger partial charge in [0.1, 0.15) is 0 Å². The summed E-state index contributed by atoms with van der Waals surface area (Å²) in [5.41, 5.74) is 9.28. The Morgan fingerprint density at radius 2 is 2.06 bits per heavy atom. The maximum Gasteiger partial charge on any atom is 0.0644 e. The molecule has 0 aliphatic carbocycles. The van der Waals surface area contributed by atoms with Gasteiger partial charge in [-0.2, -0.15) is 10.2 Å². The molecule has 2 heterocycles. The van der Waals surface area contributed by atoms with Crippen LogP contribution in [0.2, 0.25) is 0 Å². The van der Waals surface area contributed by atoms with E-state index in [1.807, 2.05) is 41.7 Å². The number of hydrogen-bond donors (Lipinski definition) is 1. The van der Waals surface area contributed by atoms with E-state index in [2.05, 4.69) is 24.0 Å². The van der Waals surface area contributed by atoms with Gasteiger partial charge in [-0.15, -0.1) is 0 Å². The summed E-state index contributed by atoms with van der Waals surface area (Å²) in [6.07, 6.45) is 2.74. The fourth-order valence-electron chi connectivity index (χ4n) is 2.08. The third kappa shape index (κ3) is 2.61. The van der Waals surface area contributed by atoms with E-state index in [1.54, 1.807) is 0 Å². The van der Waals surface area contributed by atoms with Crippen molar-refractivity contribution >= 4 is 0 Å². The lowest BCUT2D eigenvalue weighted by Crippen LogP contribution is -2.17. The minimum Gasteiger partial charge on any atom is -0.322 e. The summed E-state index contributed by atoms with van der Waals surface area (Å²) in [5, 5.41) is 8.84. The van der Waals surface area contributed by atoms with Crippen LogP contribution in [0.1, 0.15) is 43.0 Å². The Labute approximate surface area is 108 Å². The quantitative estimate of drug-likeness (QED) is 0.895. The molecule has 5 nitrogen and oxygen atoms in total. The predicted molar refractivity (Wildman–Crippen MR) is 71.2 cm³/mol. The second-order valence-electron chi connectivity index (χ2n) is 5.03. The molecule has 2 aromatic heterocycles. The van der Waals surface area contributed by atoms with E-state index in [9.17, 15) is 0 Å². The molecule has 5 heteroatoms. The molecule has 2 aromatic rings. The van der Waals surface area contributed by atoms with Gasteiger partial charge < -0.3 is 5.73 Å². The molecule has 2 rings (SSSR count). The summed E-state index contributed by atoms with van der Waals surface area (Å²) in [6, 6.07) is 4.38. The van der Waals surface area contributed by atoms with Crippen molar-refractivity contribution < 1.29 is 0 Å². The van der Waals surface area contributed by atoms with E-state index in [0.717, 1.165) is 23.5 Å². The Morgan fingerprint density at radius 1 is 1.33 bits per heavy atom. The second kappa shape index (κ2) is 4.94. The van der Waals surface area contributed by atoms with Crippen molar-refractivity contribution in [2.45, 2.75) is 39.3 Å². The molecule has 0 aromatic carbocycles. The minimum absolute atomic E-state index is 0.0632. The first-order valence-corrected chi connectivity index (χ1v) is 6.27. The van der Waals surface area contributed by atoms with Crippen molar-refractivity contribution in [3.05, 3.63) is 35.4 Å². The molecule has 0 saturated carbocycles. The van der Waals surface area contributed by atoms with E-state index in [0.29, 0.717) is 6.04 Å². The van der Waals surface area contributed by atoms with Crippen LogP contribution >= 0.6 is 0 Å². The van der Waals surface area contributed by atoms with Gasteiger partial charge in [-0.3, -0.25) is 9.36 Å². The molecule has 2 N–H and O–H groups in total. The number of nitrogens with zero attached hydrogens (tertiary/aromatic N) is 4. The summed E-state index contributed by atoms with van der Waals surface area (Å²) >= 11 is 0. The zero-order valence-electron chi connectivity index (χ0n) is 11.5. The largest absolute Gasteiger partial charge is 0.322 e. The van der Waals surface area contributed by atoms with Crippen molar-refractivity contribution in [3.63, 3.8) is 0 Å². The van der Waals surface area contributed by atoms with Gasteiger partial charge >= 0.3 is 0 Å². The Balaban J connectivity index is 2.11. The number of aromatic nitrogens is 4. The SMILES string of the molecule is Cc1cc(C(N)Cc2ccn(C(C)C)n2)n(C)n1. The van der Waals surface area contributed by atoms with Crippen LogP contribution in [0.5, 0.6) is 0 Å². The standard InChI is InChI=1S/C13H21N5/c1-9(2)18-6-5-11(16-18)8-12(14)13-7-10(3)15-17(13)4/h5-7,9,12H,8,14H2,1-4H3. The molecule has 0 amide bonds. The summed E-state index contributed by atoms with van der Waals surface area (Å²) < 4.78 is 3.80. The van der Waals surface area contributed by atoms with Crippen molar-refractivity contribution in [1.82, 2.24) is 19.6 Å². The van der Waals surface area contributed by atoms with Crippen LogP contribution in [0, 0.1) is 6.92 Å². The van der Waals surface area contributed by atoms with E-state index in [-0.39, 0.29) is 6.04 Å². The van der Waals surface area contributed by atoms with Crippen molar-refractivity contribution in [2.24, 2.45) is 12.8 Å². The summed E-state index contributed by atoms with van der Waals surface area (Å²) in [4.78, 5) is 0. The van der Waals surface area contributed by atoms with Crippen LogP contribution in [0.3, 0.4) is 0 Å².